The van der Waals surface area contributed by atoms with Gasteiger partial charge in [-0.3, -0.25) is 0 Å². The first-order valence-corrected chi connectivity index (χ1v) is 7.26. The van der Waals surface area contributed by atoms with Gasteiger partial charge in [-0.1, -0.05) is 33.6 Å². The van der Waals surface area contributed by atoms with Crippen LogP contribution in [0.5, 0.6) is 11.5 Å². The summed E-state index contributed by atoms with van der Waals surface area (Å²) in [5.41, 5.74) is 1.19. The fourth-order valence-corrected chi connectivity index (χ4v) is 2.32. The normalized spacial score (nSPS) is 10.3. The minimum absolute atomic E-state index is 0.700. The van der Waals surface area contributed by atoms with E-state index in [1.54, 1.807) is 12.1 Å². The van der Waals surface area contributed by atoms with Crippen LogP contribution in [-0.2, 0) is 5.33 Å². The van der Waals surface area contributed by atoms with Crippen LogP contribution in [0.25, 0.3) is 0 Å². The van der Waals surface area contributed by atoms with Crippen LogP contribution < -0.4 is 4.74 Å². The Morgan fingerprint density at radius 3 is 2.35 bits per heavy atom. The largest absolute Gasteiger partial charge is 0.456 e. The van der Waals surface area contributed by atoms with Gasteiger partial charge in [0.05, 0.1) is 4.47 Å². The molecule has 0 aliphatic rings. The molecule has 2 aromatic carbocycles. The van der Waals surface area contributed by atoms with Gasteiger partial charge in [-0.15, -0.1) is 0 Å². The number of hydrogen-bond acceptors (Lipinski definition) is 1. The maximum Gasteiger partial charge on any atom is 0.141 e. The number of ether oxygens (including phenoxy) is 1. The number of rotatable bonds is 3. The molecule has 0 atom stereocenters. The smallest absolute Gasteiger partial charge is 0.141 e. The first-order valence-electron chi connectivity index (χ1n) is 4.97. The van der Waals surface area contributed by atoms with Crippen molar-refractivity contribution in [3.8, 4) is 11.5 Å². The van der Waals surface area contributed by atoms with Crippen molar-refractivity contribution in [2.24, 2.45) is 0 Å². The van der Waals surface area contributed by atoms with Gasteiger partial charge in [0.15, 0.2) is 0 Å². The molecule has 88 valence electrons. The van der Waals surface area contributed by atoms with Crippen LogP contribution >= 0.6 is 43.5 Å². The van der Waals surface area contributed by atoms with Crippen molar-refractivity contribution in [1.82, 2.24) is 0 Å². The van der Waals surface area contributed by atoms with Crippen molar-refractivity contribution in [3.63, 3.8) is 0 Å². The Labute approximate surface area is 122 Å². The molecule has 0 aromatic heterocycles. The van der Waals surface area contributed by atoms with Crippen LogP contribution in [-0.4, -0.2) is 0 Å². The van der Waals surface area contributed by atoms with Crippen molar-refractivity contribution >= 4 is 43.5 Å². The third-order valence-corrected chi connectivity index (χ3v) is 3.71. The average molecular weight is 376 g/mol. The van der Waals surface area contributed by atoms with E-state index >= 15 is 0 Å². The minimum atomic E-state index is 0.700. The average Bonchev–Trinajstić information content (AvgIpc) is 2.34. The molecule has 2 rings (SSSR count). The molecule has 0 unspecified atom stereocenters. The summed E-state index contributed by atoms with van der Waals surface area (Å²) in [4.78, 5) is 0. The lowest BCUT2D eigenvalue weighted by molar-refractivity contribution is 0.479. The Hall–Kier alpha value is -0.510. The van der Waals surface area contributed by atoms with Crippen molar-refractivity contribution in [3.05, 3.63) is 57.5 Å². The lowest BCUT2D eigenvalue weighted by atomic mass is 10.2. The van der Waals surface area contributed by atoms with Crippen LogP contribution in [0.4, 0.5) is 0 Å². The molecule has 0 heterocycles. The second kappa shape index (κ2) is 5.89. The van der Waals surface area contributed by atoms with Crippen LogP contribution in [0.15, 0.2) is 46.9 Å². The van der Waals surface area contributed by atoms with E-state index in [0.717, 1.165) is 21.3 Å². The molecule has 4 heteroatoms. The summed E-state index contributed by atoms with van der Waals surface area (Å²) >= 11 is 12.7. The maximum atomic E-state index is 5.82. The molecule has 0 saturated carbocycles. The Morgan fingerprint density at radius 2 is 1.76 bits per heavy atom. The highest BCUT2D eigenvalue weighted by molar-refractivity contribution is 9.10. The molecule has 2 aromatic rings. The first kappa shape index (κ1) is 12.9. The standard InChI is InChI=1S/C13H9Br2ClO/c14-8-9-1-6-13(12(15)7-9)17-11-4-2-10(16)3-5-11/h1-7H,8H2. The summed E-state index contributed by atoms with van der Waals surface area (Å²) in [6, 6.07) is 13.3. The number of hydrogen-bond donors (Lipinski definition) is 0. The highest BCUT2D eigenvalue weighted by Gasteiger charge is 2.03. The van der Waals surface area contributed by atoms with Crippen LogP contribution in [0.3, 0.4) is 0 Å². The Balaban J connectivity index is 2.21. The topological polar surface area (TPSA) is 9.23 Å². The SMILES string of the molecule is Clc1ccc(Oc2ccc(CBr)cc2Br)cc1. The summed E-state index contributed by atoms with van der Waals surface area (Å²) in [6.07, 6.45) is 0. The van der Waals surface area contributed by atoms with Crippen molar-refractivity contribution in [1.29, 1.82) is 0 Å². The van der Waals surface area contributed by atoms with Gasteiger partial charge in [0, 0.05) is 10.4 Å². The summed E-state index contributed by atoms with van der Waals surface area (Å²) in [5, 5.41) is 1.53. The van der Waals surface area contributed by atoms with Crippen LogP contribution in [0.2, 0.25) is 5.02 Å². The molecule has 17 heavy (non-hydrogen) atoms. The van der Waals surface area contributed by atoms with E-state index in [1.165, 1.54) is 5.56 Å². The molecule has 0 aliphatic heterocycles. The number of halogens is 3. The second-order valence-electron chi connectivity index (χ2n) is 3.45. The van der Waals surface area contributed by atoms with E-state index in [1.807, 2.05) is 30.3 Å². The van der Waals surface area contributed by atoms with Gasteiger partial charge in [-0.25, -0.2) is 0 Å². The fraction of sp³-hybridized carbons (Fsp3) is 0.0769. The molecule has 0 fully saturated rings. The molecule has 0 N–H and O–H groups in total. The number of benzene rings is 2. The van der Waals surface area contributed by atoms with Crippen LogP contribution in [0, 0.1) is 0 Å². The van der Waals surface area contributed by atoms with Gasteiger partial charge in [0.2, 0.25) is 0 Å². The first-order chi connectivity index (χ1) is 8.19. The van der Waals surface area contributed by atoms with Gasteiger partial charge in [0.1, 0.15) is 11.5 Å². The summed E-state index contributed by atoms with van der Waals surface area (Å²) < 4.78 is 6.68. The van der Waals surface area contributed by atoms with Gasteiger partial charge in [-0.05, 0) is 57.9 Å². The van der Waals surface area contributed by atoms with Crippen molar-refractivity contribution in [2.75, 3.05) is 0 Å². The number of alkyl halides is 1. The summed E-state index contributed by atoms with van der Waals surface area (Å²) in [5.74, 6) is 1.55. The zero-order chi connectivity index (χ0) is 12.3. The lowest BCUT2D eigenvalue weighted by Gasteiger charge is -2.08. The third-order valence-electron chi connectivity index (χ3n) is 2.19. The van der Waals surface area contributed by atoms with E-state index in [0.29, 0.717) is 5.02 Å². The minimum Gasteiger partial charge on any atom is -0.456 e. The van der Waals surface area contributed by atoms with E-state index in [2.05, 4.69) is 31.9 Å². The van der Waals surface area contributed by atoms with Crippen LogP contribution in [0.1, 0.15) is 5.56 Å². The Kier molecular flexibility index (Phi) is 4.48. The zero-order valence-electron chi connectivity index (χ0n) is 8.79. The van der Waals surface area contributed by atoms with E-state index in [-0.39, 0.29) is 0 Å². The summed E-state index contributed by atoms with van der Waals surface area (Å²) in [7, 11) is 0. The molecule has 0 saturated heterocycles. The van der Waals surface area contributed by atoms with Crippen molar-refractivity contribution in [2.45, 2.75) is 5.33 Å². The summed E-state index contributed by atoms with van der Waals surface area (Å²) in [6.45, 7) is 0. The molecule has 0 amide bonds. The third kappa shape index (κ3) is 3.47. The quantitative estimate of drug-likeness (QED) is 0.616. The zero-order valence-corrected chi connectivity index (χ0v) is 12.7. The highest BCUT2D eigenvalue weighted by Crippen LogP contribution is 2.31. The highest BCUT2D eigenvalue weighted by atomic mass is 79.9. The fourth-order valence-electron chi connectivity index (χ4n) is 1.34. The maximum absolute atomic E-state index is 5.82. The van der Waals surface area contributed by atoms with Crippen molar-refractivity contribution < 1.29 is 4.74 Å². The Morgan fingerprint density at radius 1 is 1.06 bits per heavy atom. The lowest BCUT2D eigenvalue weighted by Crippen LogP contribution is -1.86. The van der Waals surface area contributed by atoms with Gasteiger partial charge in [0.25, 0.3) is 0 Å². The van der Waals surface area contributed by atoms with Gasteiger partial charge < -0.3 is 4.74 Å². The van der Waals surface area contributed by atoms with Gasteiger partial charge in [-0.2, -0.15) is 0 Å². The Bertz CT molecular complexity index is 511. The predicted molar refractivity (Wildman–Crippen MR) is 78.3 cm³/mol. The molecular weight excluding hydrogens is 367 g/mol. The van der Waals surface area contributed by atoms with E-state index < -0.39 is 0 Å². The molecule has 0 aliphatic carbocycles. The molecule has 0 spiro atoms. The molecular formula is C13H9Br2ClO. The second-order valence-corrected chi connectivity index (χ2v) is 5.31. The molecule has 0 radical (unpaired) electrons. The van der Waals surface area contributed by atoms with E-state index in [4.69, 9.17) is 16.3 Å². The molecule has 0 bridgehead atoms. The predicted octanol–water partition coefficient (Wildman–Crippen LogP) is 5.79. The van der Waals surface area contributed by atoms with Gasteiger partial charge >= 0.3 is 0 Å². The van der Waals surface area contributed by atoms with E-state index in [9.17, 15) is 0 Å². The monoisotopic (exact) mass is 374 g/mol. The molecule has 1 nitrogen and oxygen atoms in total.